The van der Waals surface area contributed by atoms with Crippen LogP contribution in [0.4, 0.5) is 0 Å². The first-order chi connectivity index (χ1) is 12.6. The molecule has 0 heterocycles. The molecular formula is C21H47N2O2P. The summed E-state index contributed by atoms with van der Waals surface area (Å²) in [4.78, 5) is 9.60. The average Bonchev–Trinajstić information content (AvgIpc) is 2.62. The van der Waals surface area contributed by atoms with Crippen molar-refractivity contribution in [2.75, 3.05) is 13.1 Å². The molecule has 0 radical (unpaired) electrons. The van der Waals surface area contributed by atoms with Crippen LogP contribution < -0.4 is 10.2 Å². The molecule has 1 atom stereocenters. The first-order valence-electron chi connectivity index (χ1n) is 11.5. The Kier molecular flexibility index (Phi) is 19.9. The lowest BCUT2D eigenvalue weighted by Gasteiger charge is -2.13. The second-order valence-corrected chi connectivity index (χ2v) is 9.48. The van der Waals surface area contributed by atoms with Crippen molar-refractivity contribution in [3.8, 4) is 0 Å². The van der Waals surface area contributed by atoms with Crippen molar-refractivity contribution in [1.82, 2.24) is 10.2 Å². The molecular weight excluding hydrogens is 343 g/mol. The van der Waals surface area contributed by atoms with Crippen LogP contribution in [-0.4, -0.2) is 18.0 Å². The van der Waals surface area contributed by atoms with E-state index < -0.39 is 7.67 Å². The van der Waals surface area contributed by atoms with Gasteiger partial charge in [0, 0.05) is 13.1 Å². The molecule has 0 amide bonds. The minimum atomic E-state index is -3.30. The molecule has 3 N–H and O–H groups in total. The smallest absolute Gasteiger partial charge is 0.322 e. The van der Waals surface area contributed by atoms with Crippen molar-refractivity contribution in [1.29, 1.82) is 0 Å². The summed E-state index contributed by atoms with van der Waals surface area (Å²) in [6.45, 7) is 5.48. The molecule has 0 aromatic heterocycles. The zero-order valence-corrected chi connectivity index (χ0v) is 18.6. The Morgan fingerprint density at radius 2 is 0.885 bits per heavy atom. The standard InChI is InChI=1S/C21H47N2O2P/c1-3-5-6-7-8-9-10-11-12-13-14-15-16-17-18-19-21-23-26(24,25)22-20-4-2/h3-21H2,1-2H3,(H3,22,23,24,25). The molecule has 0 aromatic rings. The van der Waals surface area contributed by atoms with Crippen molar-refractivity contribution >= 4 is 7.67 Å². The fourth-order valence-electron chi connectivity index (χ4n) is 3.22. The SMILES string of the molecule is CCCCCCCCCCCCCCCCCCNP(=O)(O)NCCC. The van der Waals surface area contributed by atoms with Crippen LogP contribution in [0.3, 0.4) is 0 Å². The molecule has 4 nitrogen and oxygen atoms in total. The number of rotatable bonds is 21. The molecule has 0 aliphatic heterocycles. The Balaban J connectivity index is 3.14. The van der Waals surface area contributed by atoms with Crippen LogP contribution in [0.2, 0.25) is 0 Å². The van der Waals surface area contributed by atoms with Gasteiger partial charge in [0.1, 0.15) is 0 Å². The van der Waals surface area contributed by atoms with Crippen molar-refractivity contribution in [2.45, 2.75) is 123 Å². The van der Waals surface area contributed by atoms with Gasteiger partial charge in [-0.05, 0) is 12.8 Å². The zero-order chi connectivity index (χ0) is 19.3. The van der Waals surface area contributed by atoms with Crippen LogP contribution in [0, 0.1) is 0 Å². The summed E-state index contributed by atoms with van der Waals surface area (Å²) in [6.07, 6.45) is 22.4. The van der Waals surface area contributed by atoms with Gasteiger partial charge in [0.05, 0.1) is 0 Å². The highest BCUT2D eigenvalue weighted by Gasteiger charge is 2.14. The highest BCUT2D eigenvalue weighted by atomic mass is 31.2. The first kappa shape index (κ1) is 26.1. The zero-order valence-electron chi connectivity index (χ0n) is 17.7. The summed E-state index contributed by atoms with van der Waals surface area (Å²) in [5.41, 5.74) is 0. The Morgan fingerprint density at radius 3 is 1.27 bits per heavy atom. The van der Waals surface area contributed by atoms with Gasteiger partial charge in [-0.25, -0.2) is 10.2 Å². The molecule has 0 saturated carbocycles. The van der Waals surface area contributed by atoms with E-state index in [0.717, 1.165) is 19.3 Å². The van der Waals surface area contributed by atoms with Crippen molar-refractivity contribution in [2.24, 2.45) is 0 Å². The van der Waals surface area contributed by atoms with Gasteiger partial charge in [-0.1, -0.05) is 110 Å². The van der Waals surface area contributed by atoms with Crippen LogP contribution in [0.15, 0.2) is 0 Å². The highest BCUT2D eigenvalue weighted by Crippen LogP contribution is 2.28. The number of unbranched alkanes of at least 4 members (excludes halogenated alkanes) is 15. The maximum absolute atomic E-state index is 11.7. The molecule has 26 heavy (non-hydrogen) atoms. The largest absolute Gasteiger partial charge is 0.338 e. The monoisotopic (exact) mass is 390 g/mol. The van der Waals surface area contributed by atoms with Gasteiger partial charge >= 0.3 is 7.67 Å². The van der Waals surface area contributed by atoms with E-state index in [2.05, 4.69) is 17.1 Å². The molecule has 0 saturated heterocycles. The van der Waals surface area contributed by atoms with Crippen LogP contribution >= 0.6 is 7.67 Å². The average molecular weight is 391 g/mol. The molecule has 5 heteroatoms. The van der Waals surface area contributed by atoms with Gasteiger partial charge in [-0.2, -0.15) is 0 Å². The topological polar surface area (TPSA) is 61.4 Å². The minimum Gasteiger partial charge on any atom is -0.322 e. The van der Waals surface area contributed by atoms with Gasteiger partial charge in [-0.3, -0.25) is 4.57 Å². The second-order valence-electron chi connectivity index (χ2n) is 7.70. The lowest BCUT2D eigenvalue weighted by atomic mass is 10.0. The molecule has 0 aromatic carbocycles. The molecule has 1 unspecified atom stereocenters. The van der Waals surface area contributed by atoms with E-state index in [9.17, 15) is 9.46 Å². The molecule has 0 spiro atoms. The van der Waals surface area contributed by atoms with Gasteiger partial charge in [0.15, 0.2) is 0 Å². The van der Waals surface area contributed by atoms with Crippen LogP contribution in [-0.2, 0) is 4.57 Å². The van der Waals surface area contributed by atoms with Crippen molar-refractivity contribution in [3.63, 3.8) is 0 Å². The van der Waals surface area contributed by atoms with E-state index >= 15 is 0 Å². The molecule has 0 aliphatic rings. The molecule has 0 fully saturated rings. The minimum absolute atomic E-state index is 0.583. The predicted molar refractivity (Wildman–Crippen MR) is 116 cm³/mol. The summed E-state index contributed by atoms with van der Waals surface area (Å²) >= 11 is 0. The predicted octanol–water partition coefficient (Wildman–Crippen LogP) is 6.94. The Hall–Kier alpha value is 0.110. The van der Waals surface area contributed by atoms with Crippen LogP contribution in [0.1, 0.15) is 123 Å². The normalized spacial score (nSPS) is 13.8. The number of hydrogen-bond acceptors (Lipinski definition) is 1. The van der Waals surface area contributed by atoms with E-state index in [0.29, 0.717) is 13.1 Å². The maximum Gasteiger partial charge on any atom is 0.338 e. The third-order valence-corrected chi connectivity index (χ3v) is 6.24. The van der Waals surface area contributed by atoms with E-state index in [1.54, 1.807) is 0 Å². The molecule has 158 valence electrons. The van der Waals surface area contributed by atoms with Crippen molar-refractivity contribution < 1.29 is 9.46 Å². The van der Waals surface area contributed by atoms with Gasteiger partial charge in [-0.15, -0.1) is 0 Å². The second kappa shape index (κ2) is 19.9. The maximum atomic E-state index is 11.7. The van der Waals surface area contributed by atoms with Gasteiger partial charge in [0.2, 0.25) is 0 Å². The number of nitrogens with one attached hydrogen (secondary N) is 2. The van der Waals surface area contributed by atoms with Gasteiger partial charge < -0.3 is 4.89 Å². The summed E-state index contributed by atoms with van der Waals surface area (Å²) in [5.74, 6) is 0. The molecule has 0 bridgehead atoms. The van der Waals surface area contributed by atoms with E-state index in [1.165, 1.54) is 89.9 Å². The van der Waals surface area contributed by atoms with E-state index in [1.807, 2.05) is 6.92 Å². The Labute approximate surface area is 163 Å². The fraction of sp³-hybridized carbons (Fsp3) is 1.00. The Bertz CT molecular complexity index is 327. The van der Waals surface area contributed by atoms with Crippen LogP contribution in [0.25, 0.3) is 0 Å². The van der Waals surface area contributed by atoms with Crippen molar-refractivity contribution in [3.05, 3.63) is 0 Å². The summed E-state index contributed by atoms with van der Waals surface area (Å²) < 4.78 is 11.7. The summed E-state index contributed by atoms with van der Waals surface area (Å²) in [7, 11) is -3.30. The van der Waals surface area contributed by atoms with E-state index in [4.69, 9.17) is 0 Å². The summed E-state index contributed by atoms with van der Waals surface area (Å²) in [5, 5.41) is 5.41. The lowest BCUT2D eigenvalue weighted by molar-refractivity contribution is 0.444. The summed E-state index contributed by atoms with van der Waals surface area (Å²) in [6, 6.07) is 0. The first-order valence-corrected chi connectivity index (χ1v) is 13.1. The molecule has 0 aliphatic carbocycles. The molecule has 0 rings (SSSR count). The number of hydrogen-bond donors (Lipinski definition) is 3. The quantitative estimate of drug-likeness (QED) is 0.147. The third kappa shape index (κ3) is 20.4. The fourth-order valence-corrected chi connectivity index (χ4v) is 4.32. The van der Waals surface area contributed by atoms with Gasteiger partial charge in [0.25, 0.3) is 0 Å². The third-order valence-electron chi connectivity index (χ3n) is 4.93. The van der Waals surface area contributed by atoms with E-state index in [-0.39, 0.29) is 0 Å². The lowest BCUT2D eigenvalue weighted by Crippen LogP contribution is -2.23. The Morgan fingerprint density at radius 1 is 0.538 bits per heavy atom. The highest BCUT2D eigenvalue weighted by molar-refractivity contribution is 7.53. The van der Waals surface area contributed by atoms with Crippen LogP contribution in [0.5, 0.6) is 0 Å².